The number of carbonyl (C=O) groups is 1. The van der Waals surface area contributed by atoms with Crippen LogP contribution in [0.1, 0.15) is 43.4 Å². The number of nitrogens with one attached hydrogen (secondary N) is 1. The summed E-state index contributed by atoms with van der Waals surface area (Å²) in [5, 5.41) is 2.68. The monoisotopic (exact) mass is 393 g/mol. The van der Waals surface area contributed by atoms with Gasteiger partial charge in [0.15, 0.2) is 0 Å². The Labute approximate surface area is 154 Å². The Morgan fingerprint density at radius 3 is 1.96 bits per heavy atom. The minimum absolute atomic E-state index is 0.0931. The zero-order valence-electron chi connectivity index (χ0n) is 14.9. The van der Waals surface area contributed by atoms with Crippen LogP contribution in [0.2, 0.25) is 0 Å². The third-order valence-corrected chi connectivity index (χ3v) is 3.37. The minimum atomic E-state index is -4.87. The SMILES string of the molecule is CC(C)CNC(=O)/C=C/CCC=Cc1cc(C(F)(F)F)cc(C(F)(F)F)c1. The summed E-state index contributed by atoms with van der Waals surface area (Å²) in [5.74, 6) is 0.0692. The molecule has 0 radical (unpaired) electrons. The number of hydrogen-bond acceptors (Lipinski definition) is 1. The van der Waals surface area contributed by atoms with Crippen LogP contribution >= 0.6 is 0 Å². The van der Waals surface area contributed by atoms with E-state index in [-0.39, 0.29) is 17.5 Å². The van der Waals surface area contributed by atoms with Crippen molar-refractivity contribution in [3.8, 4) is 0 Å². The molecule has 8 heteroatoms. The van der Waals surface area contributed by atoms with Gasteiger partial charge in [-0.05, 0) is 48.6 Å². The molecule has 0 aromatic heterocycles. The maximum atomic E-state index is 12.8. The summed E-state index contributed by atoms with van der Waals surface area (Å²) in [4.78, 5) is 11.4. The van der Waals surface area contributed by atoms with Crippen LogP contribution in [-0.4, -0.2) is 12.5 Å². The van der Waals surface area contributed by atoms with Crippen molar-refractivity contribution in [1.29, 1.82) is 0 Å². The Hall–Kier alpha value is -2.25. The van der Waals surface area contributed by atoms with Gasteiger partial charge in [0.1, 0.15) is 0 Å². The molecule has 0 heterocycles. The van der Waals surface area contributed by atoms with Crippen LogP contribution in [0.15, 0.2) is 36.4 Å². The highest BCUT2D eigenvalue weighted by molar-refractivity contribution is 5.87. The van der Waals surface area contributed by atoms with E-state index in [1.165, 1.54) is 18.2 Å². The van der Waals surface area contributed by atoms with Gasteiger partial charge in [0, 0.05) is 6.54 Å². The van der Waals surface area contributed by atoms with Gasteiger partial charge >= 0.3 is 12.4 Å². The zero-order chi connectivity index (χ0) is 20.7. The number of carbonyl (C=O) groups excluding carboxylic acids is 1. The largest absolute Gasteiger partial charge is 0.416 e. The van der Waals surface area contributed by atoms with E-state index in [2.05, 4.69) is 5.32 Å². The number of benzene rings is 1. The van der Waals surface area contributed by atoms with Crippen LogP contribution in [0.3, 0.4) is 0 Å². The van der Waals surface area contributed by atoms with Crippen molar-refractivity contribution in [3.05, 3.63) is 53.1 Å². The maximum Gasteiger partial charge on any atom is 0.416 e. The highest BCUT2D eigenvalue weighted by atomic mass is 19.4. The molecule has 27 heavy (non-hydrogen) atoms. The molecule has 1 rings (SSSR count). The highest BCUT2D eigenvalue weighted by Gasteiger charge is 2.36. The average molecular weight is 393 g/mol. The Balaban J connectivity index is 2.71. The number of halogens is 6. The molecule has 1 amide bonds. The number of allylic oxidation sites excluding steroid dienone is 2. The first kappa shape index (κ1) is 22.8. The van der Waals surface area contributed by atoms with E-state index < -0.39 is 23.5 Å². The molecular formula is C19H21F6NO. The fourth-order valence-electron chi connectivity index (χ4n) is 2.04. The molecule has 0 aliphatic heterocycles. The zero-order valence-corrected chi connectivity index (χ0v) is 14.9. The van der Waals surface area contributed by atoms with Gasteiger partial charge in [-0.3, -0.25) is 4.79 Å². The van der Waals surface area contributed by atoms with Gasteiger partial charge in [0.2, 0.25) is 5.91 Å². The van der Waals surface area contributed by atoms with E-state index in [9.17, 15) is 31.1 Å². The fourth-order valence-corrected chi connectivity index (χ4v) is 2.04. The molecule has 0 saturated heterocycles. The molecule has 2 nitrogen and oxygen atoms in total. The molecule has 0 atom stereocenters. The predicted octanol–water partition coefficient (Wildman–Crippen LogP) is 5.85. The van der Waals surface area contributed by atoms with Crippen molar-refractivity contribution < 1.29 is 31.1 Å². The van der Waals surface area contributed by atoms with Crippen molar-refractivity contribution in [1.82, 2.24) is 5.32 Å². The lowest BCUT2D eigenvalue weighted by Gasteiger charge is -2.12. The lowest BCUT2D eigenvalue weighted by molar-refractivity contribution is -0.143. The second-order valence-electron chi connectivity index (χ2n) is 6.36. The molecule has 0 bridgehead atoms. The summed E-state index contributed by atoms with van der Waals surface area (Å²) in [6, 6.07) is 1.43. The molecule has 0 aliphatic carbocycles. The van der Waals surface area contributed by atoms with Crippen LogP contribution in [-0.2, 0) is 17.1 Å². The maximum absolute atomic E-state index is 12.8. The normalized spacial score (nSPS) is 13.1. The number of unbranched alkanes of at least 4 members (excludes halogenated alkanes) is 1. The molecule has 1 aromatic carbocycles. The molecule has 0 unspecified atom stereocenters. The van der Waals surface area contributed by atoms with Gasteiger partial charge in [0.25, 0.3) is 0 Å². The van der Waals surface area contributed by atoms with Gasteiger partial charge < -0.3 is 5.32 Å². The van der Waals surface area contributed by atoms with Crippen LogP contribution in [0.5, 0.6) is 0 Å². The standard InChI is InChI=1S/C19H21F6NO/c1-13(2)12-26-17(27)8-6-4-3-5-7-14-9-15(18(20,21)22)11-16(10-14)19(23,24)25/h5-11,13H,3-4,12H2,1-2H3,(H,26,27)/b7-5?,8-6+. The smallest absolute Gasteiger partial charge is 0.352 e. The van der Waals surface area contributed by atoms with E-state index in [0.717, 1.165) is 0 Å². The Morgan fingerprint density at radius 2 is 1.48 bits per heavy atom. The molecule has 1 aromatic rings. The van der Waals surface area contributed by atoms with Crippen LogP contribution in [0, 0.1) is 5.92 Å². The van der Waals surface area contributed by atoms with Gasteiger partial charge in [-0.15, -0.1) is 0 Å². The summed E-state index contributed by atoms with van der Waals surface area (Å²) in [6.45, 7) is 4.44. The molecule has 0 spiro atoms. The first-order chi connectivity index (χ1) is 12.4. The summed E-state index contributed by atoms with van der Waals surface area (Å²) < 4.78 is 76.6. The molecule has 0 saturated carbocycles. The van der Waals surface area contributed by atoms with Gasteiger partial charge in [-0.1, -0.05) is 32.1 Å². The molecule has 0 aliphatic rings. The summed E-state index contributed by atoms with van der Waals surface area (Å²) in [5.41, 5.74) is -2.88. The highest BCUT2D eigenvalue weighted by Crippen LogP contribution is 2.36. The van der Waals surface area contributed by atoms with E-state index in [1.807, 2.05) is 13.8 Å². The topological polar surface area (TPSA) is 29.1 Å². The van der Waals surface area contributed by atoms with Crippen LogP contribution in [0.4, 0.5) is 26.3 Å². The average Bonchev–Trinajstić information content (AvgIpc) is 2.54. The number of rotatable bonds is 7. The van der Waals surface area contributed by atoms with Crippen molar-refractivity contribution in [2.24, 2.45) is 5.92 Å². The molecular weight excluding hydrogens is 372 g/mol. The predicted molar refractivity (Wildman–Crippen MR) is 91.7 cm³/mol. The Bertz CT molecular complexity index is 654. The number of hydrogen-bond donors (Lipinski definition) is 1. The first-order valence-electron chi connectivity index (χ1n) is 8.30. The Morgan fingerprint density at radius 1 is 0.963 bits per heavy atom. The van der Waals surface area contributed by atoms with Crippen LogP contribution < -0.4 is 5.32 Å². The van der Waals surface area contributed by atoms with Crippen molar-refractivity contribution in [2.45, 2.75) is 39.0 Å². The summed E-state index contributed by atoms with van der Waals surface area (Å²) >= 11 is 0. The fraction of sp³-hybridized carbons (Fsp3) is 0.421. The van der Waals surface area contributed by atoms with Crippen molar-refractivity contribution >= 4 is 12.0 Å². The number of amides is 1. The third kappa shape index (κ3) is 8.79. The van der Waals surface area contributed by atoms with E-state index >= 15 is 0 Å². The third-order valence-electron chi connectivity index (χ3n) is 3.37. The Kier molecular flexibility index (Phi) is 8.12. The van der Waals surface area contributed by atoms with E-state index in [0.29, 0.717) is 37.4 Å². The second kappa shape index (κ2) is 9.62. The first-order valence-corrected chi connectivity index (χ1v) is 8.30. The lowest BCUT2D eigenvalue weighted by Crippen LogP contribution is -2.25. The summed E-state index contributed by atoms with van der Waals surface area (Å²) in [7, 11) is 0. The van der Waals surface area contributed by atoms with Gasteiger partial charge in [-0.2, -0.15) is 26.3 Å². The summed E-state index contributed by atoms with van der Waals surface area (Å²) in [6.07, 6.45) is -3.33. The molecule has 1 N–H and O–H groups in total. The van der Waals surface area contributed by atoms with Crippen molar-refractivity contribution in [3.63, 3.8) is 0 Å². The van der Waals surface area contributed by atoms with Gasteiger partial charge in [-0.25, -0.2) is 0 Å². The van der Waals surface area contributed by atoms with Crippen LogP contribution in [0.25, 0.3) is 6.08 Å². The number of alkyl halides is 6. The van der Waals surface area contributed by atoms with Crippen molar-refractivity contribution in [2.75, 3.05) is 6.54 Å². The van der Waals surface area contributed by atoms with Gasteiger partial charge in [0.05, 0.1) is 11.1 Å². The molecule has 150 valence electrons. The van der Waals surface area contributed by atoms with E-state index in [4.69, 9.17) is 0 Å². The minimum Gasteiger partial charge on any atom is -0.352 e. The second-order valence-corrected chi connectivity index (χ2v) is 6.36. The molecule has 0 fully saturated rings. The lowest BCUT2D eigenvalue weighted by atomic mass is 10.0. The van der Waals surface area contributed by atoms with E-state index in [1.54, 1.807) is 6.08 Å². The quantitative estimate of drug-likeness (QED) is 0.352.